The number of halogens is 2. The van der Waals surface area contributed by atoms with Gasteiger partial charge in [0, 0.05) is 6.20 Å². The number of rotatable bonds is 4. The van der Waals surface area contributed by atoms with Crippen molar-refractivity contribution in [3.8, 4) is 6.07 Å². The van der Waals surface area contributed by atoms with Crippen LogP contribution in [0.4, 0.5) is 8.78 Å². The molecule has 0 aromatic carbocycles. The number of nitriles is 1. The van der Waals surface area contributed by atoms with E-state index in [2.05, 4.69) is 11.1 Å². The zero-order chi connectivity index (χ0) is 11.5. The minimum Gasteiger partial charge on any atom is -0.255 e. The van der Waals surface area contributed by atoms with Gasteiger partial charge in [0.15, 0.2) is 0 Å². The van der Waals surface area contributed by atoms with Gasteiger partial charge in [0.2, 0.25) is 0 Å². The lowest BCUT2D eigenvalue weighted by atomic mass is 9.96. The molecule has 1 fully saturated rings. The maximum Gasteiger partial charge on any atom is 0.280 e. The molecule has 0 saturated heterocycles. The Morgan fingerprint density at radius 3 is 2.62 bits per heavy atom. The average Bonchev–Trinajstić information content (AvgIpc) is 3.10. The molecule has 0 unspecified atom stereocenters. The van der Waals surface area contributed by atoms with Gasteiger partial charge in [-0.2, -0.15) is 5.26 Å². The van der Waals surface area contributed by atoms with E-state index < -0.39 is 6.43 Å². The normalized spacial score (nSPS) is 17.1. The molecule has 1 aromatic heterocycles. The highest BCUT2D eigenvalue weighted by molar-refractivity contribution is 5.24. The van der Waals surface area contributed by atoms with Gasteiger partial charge in [-0.25, -0.2) is 8.78 Å². The fraction of sp³-hybridized carbons (Fsp3) is 0.500. The molecule has 0 amide bonds. The molecule has 1 saturated carbocycles. The summed E-state index contributed by atoms with van der Waals surface area (Å²) < 4.78 is 24.5. The Kier molecular flexibility index (Phi) is 3.14. The van der Waals surface area contributed by atoms with E-state index in [-0.39, 0.29) is 11.6 Å². The summed E-state index contributed by atoms with van der Waals surface area (Å²) in [4.78, 5) is 3.67. The maximum absolute atomic E-state index is 12.3. The summed E-state index contributed by atoms with van der Waals surface area (Å²) in [5.74, 6) is 0.436. The average molecular weight is 222 g/mol. The topological polar surface area (TPSA) is 36.7 Å². The first-order chi connectivity index (χ1) is 7.70. The minimum atomic E-state index is -2.54. The molecule has 0 radical (unpaired) electrons. The van der Waals surface area contributed by atoms with Gasteiger partial charge >= 0.3 is 0 Å². The van der Waals surface area contributed by atoms with Crippen molar-refractivity contribution in [1.29, 1.82) is 5.26 Å². The number of hydrogen-bond donors (Lipinski definition) is 0. The summed E-state index contributed by atoms with van der Waals surface area (Å²) in [5.41, 5.74) is 0.519. The van der Waals surface area contributed by atoms with Crippen molar-refractivity contribution in [1.82, 2.24) is 4.98 Å². The maximum atomic E-state index is 12.3. The van der Waals surface area contributed by atoms with E-state index in [1.165, 1.54) is 25.1 Å². The molecular weight excluding hydrogens is 210 g/mol. The summed E-state index contributed by atoms with van der Waals surface area (Å²) in [6.07, 6.45) is 2.05. The van der Waals surface area contributed by atoms with Gasteiger partial charge in [-0.1, -0.05) is 18.9 Å². The van der Waals surface area contributed by atoms with Crippen molar-refractivity contribution in [3.05, 3.63) is 29.6 Å². The van der Waals surface area contributed by atoms with E-state index in [1.54, 1.807) is 6.07 Å². The van der Waals surface area contributed by atoms with Gasteiger partial charge in [-0.05, 0) is 24.0 Å². The van der Waals surface area contributed by atoms with Crippen LogP contribution in [0, 0.1) is 17.2 Å². The van der Waals surface area contributed by atoms with Gasteiger partial charge in [-0.3, -0.25) is 4.98 Å². The quantitative estimate of drug-likeness (QED) is 0.782. The van der Waals surface area contributed by atoms with Crippen molar-refractivity contribution in [2.75, 3.05) is 0 Å². The van der Waals surface area contributed by atoms with Gasteiger partial charge in [-0.15, -0.1) is 0 Å². The Bertz CT molecular complexity index is 390. The zero-order valence-electron chi connectivity index (χ0n) is 8.74. The van der Waals surface area contributed by atoms with Crippen LogP contribution in [0.5, 0.6) is 0 Å². The number of pyridine rings is 1. The zero-order valence-corrected chi connectivity index (χ0v) is 8.74. The molecule has 2 nitrogen and oxygen atoms in total. The molecule has 0 aliphatic heterocycles. The molecule has 4 heteroatoms. The highest BCUT2D eigenvalue weighted by Crippen LogP contribution is 2.38. The van der Waals surface area contributed by atoms with Crippen LogP contribution in [0.25, 0.3) is 0 Å². The third-order valence-electron chi connectivity index (χ3n) is 2.86. The highest BCUT2D eigenvalue weighted by Gasteiger charge is 2.26. The van der Waals surface area contributed by atoms with Crippen molar-refractivity contribution >= 4 is 0 Å². The first-order valence-electron chi connectivity index (χ1n) is 5.34. The van der Waals surface area contributed by atoms with Crippen molar-refractivity contribution < 1.29 is 8.78 Å². The molecule has 0 N–H and O–H groups in total. The molecule has 0 spiro atoms. The molecule has 1 heterocycles. The Hall–Kier alpha value is -1.50. The van der Waals surface area contributed by atoms with Crippen LogP contribution in [0.1, 0.15) is 42.9 Å². The molecule has 0 bridgehead atoms. The van der Waals surface area contributed by atoms with Crippen LogP contribution in [0.2, 0.25) is 0 Å². The Balaban J connectivity index is 2.09. The number of nitrogens with zero attached hydrogens (tertiary/aromatic N) is 2. The highest BCUT2D eigenvalue weighted by atomic mass is 19.3. The van der Waals surface area contributed by atoms with Gasteiger partial charge in [0.25, 0.3) is 6.43 Å². The predicted octanol–water partition coefficient (Wildman–Crippen LogP) is 3.43. The van der Waals surface area contributed by atoms with Gasteiger partial charge in [0.1, 0.15) is 5.69 Å². The van der Waals surface area contributed by atoms with Crippen molar-refractivity contribution in [2.45, 2.75) is 31.6 Å². The number of aromatic nitrogens is 1. The van der Waals surface area contributed by atoms with E-state index in [0.717, 1.165) is 12.0 Å². The monoisotopic (exact) mass is 222 g/mol. The van der Waals surface area contributed by atoms with E-state index in [4.69, 9.17) is 5.26 Å². The number of hydrogen-bond acceptors (Lipinski definition) is 2. The first kappa shape index (κ1) is 11.0. The summed E-state index contributed by atoms with van der Waals surface area (Å²) in [5, 5.41) is 9.01. The van der Waals surface area contributed by atoms with Crippen LogP contribution >= 0.6 is 0 Å². The standard InChI is InChI=1S/C12H12F2N2/c13-12(14)11-4-3-9(7-16-11)10(6-15)5-8-1-2-8/h3-4,7-8,10,12H,1-2,5H2/t10-/m0/s1. The lowest BCUT2D eigenvalue weighted by Gasteiger charge is -2.08. The van der Waals surface area contributed by atoms with E-state index in [9.17, 15) is 8.78 Å². The predicted molar refractivity (Wildman–Crippen MR) is 54.9 cm³/mol. The second-order valence-corrected chi connectivity index (χ2v) is 4.18. The Labute approximate surface area is 92.9 Å². The molecule has 2 rings (SSSR count). The fourth-order valence-corrected chi connectivity index (χ4v) is 1.70. The lowest BCUT2D eigenvalue weighted by molar-refractivity contribution is 0.146. The minimum absolute atomic E-state index is 0.202. The summed E-state index contributed by atoms with van der Waals surface area (Å²) >= 11 is 0. The van der Waals surface area contributed by atoms with E-state index in [0.29, 0.717) is 5.92 Å². The first-order valence-corrected chi connectivity index (χ1v) is 5.34. The van der Waals surface area contributed by atoms with Crippen molar-refractivity contribution in [3.63, 3.8) is 0 Å². The SMILES string of the molecule is N#C[C@H](CC1CC1)c1ccc(C(F)F)nc1. The van der Waals surface area contributed by atoms with E-state index >= 15 is 0 Å². The smallest absolute Gasteiger partial charge is 0.255 e. The molecule has 1 aliphatic carbocycles. The second-order valence-electron chi connectivity index (χ2n) is 4.18. The van der Waals surface area contributed by atoms with Crippen LogP contribution in [-0.2, 0) is 0 Å². The molecule has 16 heavy (non-hydrogen) atoms. The van der Waals surface area contributed by atoms with Crippen LogP contribution in [-0.4, -0.2) is 4.98 Å². The number of alkyl halides is 2. The molecule has 1 aliphatic rings. The third-order valence-corrected chi connectivity index (χ3v) is 2.86. The molecule has 1 atom stereocenters. The summed E-state index contributed by atoms with van der Waals surface area (Å²) in [6, 6.07) is 5.10. The Morgan fingerprint density at radius 1 is 1.44 bits per heavy atom. The largest absolute Gasteiger partial charge is 0.280 e. The molecule has 1 aromatic rings. The summed E-state index contributed by atoms with van der Waals surface area (Å²) in [7, 11) is 0. The van der Waals surface area contributed by atoms with Crippen LogP contribution in [0.3, 0.4) is 0 Å². The van der Waals surface area contributed by atoms with Gasteiger partial charge < -0.3 is 0 Å². The Morgan fingerprint density at radius 2 is 2.19 bits per heavy atom. The third kappa shape index (κ3) is 2.54. The second kappa shape index (κ2) is 4.56. The summed E-state index contributed by atoms with van der Waals surface area (Å²) in [6.45, 7) is 0. The lowest BCUT2D eigenvalue weighted by Crippen LogP contribution is -1.99. The fourth-order valence-electron chi connectivity index (χ4n) is 1.70. The molecular formula is C12H12F2N2. The van der Waals surface area contributed by atoms with Gasteiger partial charge in [0.05, 0.1) is 12.0 Å². The van der Waals surface area contributed by atoms with Crippen molar-refractivity contribution in [2.24, 2.45) is 5.92 Å². The van der Waals surface area contributed by atoms with E-state index in [1.807, 2.05) is 0 Å². The van der Waals surface area contributed by atoms with Crippen LogP contribution in [0.15, 0.2) is 18.3 Å². The van der Waals surface area contributed by atoms with Crippen LogP contribution < -0.4 is 0 Å². The molecule has 84 valence electrons.